The minimum Gasteiger partial charge on any atom is -0.507 e. The quantitative estimate of drug-likeness (QED) is 0.523. The van der Waals surface area contributed by atoms with E-state index in [1.54, 1.807) is 12.1 Å². The third-order valence-corrected chi connectivity index (χ3v) is 1.86. The van der Waals surface area contributed by atoms with Gasteiger partial charge in [0.25, 0.3) is 0 Å². The van der Waals surface area contributed by atoms with Crippen LogP contribution in [0.15, 0.2) is 49.9 Å². The number of carbonyl (C=O) groups excluding carboxylic acids is 2. The van der Waals surface area contributed by atoms with Crippen molar-refractivity contribution in [1.29, 1.82) is 0 Å². The van der Waals surface area contributed by atoms with Gasteiger partial charge in [-0.25, -0.2) is 4.79 Å². The summed E-state index contributed by atoms with van der Waals surface area (Å²) in [5, 5.41) is 9.17. The van der Waals surface area contributed by atoms with Crippen LogP contribution in [0.5, 0.6) is 5.75 Å². The maximum atomic E-state index is 11.0. The van der Waals surface area contributed by atoms with Crippen molar-refractivity contribution >= 4 is 23.5 Å². The number of phenols is 1. The fourth-order valence-electron chi connectivity index (χ4n) is 0.910. The van der Waals surface area contributed by atoms with Crippen molar-refractivity contribution in [3.05, 3.63) is 55.5 Å². The highest BCUT2D eigenvalue weighted by Crippen LogP contribution is 2.16. The Morgan fingerprint density at radius 3 is 2.21 bits per heavy atom. The normalized spacial score (nSPS) is 8.47. The fourth-order valence-corrected chi connectivity index (χ4v) is 0.973. The SMILES string of the molecule is C=COC(=O)CCl.C=COC(=O)c1ccccc1O. The molecule has 0 unspecified atom stereocenters. The average molecular weight is 285 g/mol. The predicted molar refractivity (Wildman–Crippen MR) is 70.7 cm³/mol. The Morgan fingerprint density at radius 1 is 1.21 bits per heavy atom. The first-order valence-electron chi connectivity index (χ1n) is 5.03. The van der Waals surface area contributed by atoms with Gasteiger partial charge in [0.05, 0.1) is 12.5 Å². The number of ether oxygens (including phenoxy) is 2. The average Bonchev–Trinajstić information content (AvgIpc) is 2.40. The van der Waals surface area contributed by atoms with Crippen molar-refractivity contribution in [3.63, 3.8) is 0 Å². The van der Waals surface area contributed by atoms with Crippen molar-refractivity contribution in [2.24, 2.45) is 0 Å². The van der Waals surface area contributed by atoms with Crippen LogP contribution >= 0.6 is 11.6 Å². The summed E-state index contributed by atoms with van der Waals surface area (Å²) >= 11 is 5.01. The van der Waals surface area contributed by atoms with E-state index in [2.05, 4.69) is 22.6 Å². The minimum absolute atomic E-state index is 0.0932. The number of halogens is 1. The summed E-state index contributed by atoms with van der Waals surface area (Å²) in [7, 11) is 0. The van der Waals surface area contributed by atoms with Crippen molar-refractivity contribution in [2.75, 3.05) is 5.88 Å². The first-order chi connectivity index (χ1) is 9.06. The zero-order chi connectivity index (χ0) is 14.7. The van der Waals surface area contributed by atoms with Gasteiger partial charge in [0, 0.05) is 0 Å². The number of aromatic hydroxyl groups is 1. The van der Waals surface area contributed by atoms with E-state index in [-0.39, 0.29) is 17.2 Å². The number of esters is 2. The molecule has 0 heterocycles. The molecule has 0 aliphatic heterocycles. The predicted octanol–water partition coefficient (Wildman–Crippen LogP) is 2.60. The van der Waals surface area contributed by atoms with Gasteiger partial charge < -0.3 is 14.6 Å². The molecule has 0 radical (unpaired) electrons. The lowest BCUT2D eigenvalue weighted by Crippen LogP contribution is -1.99. The second-order valence-electron chi connectivity index (χ2n) is 2.88. The lowest BCUT2D eigenvalue weighted by Gasteiger charge is -2.00. The van der Waals surface area contributed by atoms with Gasteiger partial charge >= 0.3 is 11.9 Å². The molecule has 1 aromatic rings. The van der Waals surface area contributed by atoms with E-state index >= 15 is 0 Å². The summed E-state index contributed by atoms with van der Waals surface area (Å²) in [6.45, 7) is 6.38. The van der Waals surface area contributed by atoms with Crippen LogP contribution in [0.1, 0.15) is 10.4 Å². The van der Waals surface area contributed by atoms with E-state index in [1.165, 1.54) is 12.1 Å². The smallest absolute Gasteiger partial charge is 0.346 e. The molecule has 0 amide bonds. The van der Waals surface area contributed by atoms with Crippen LogP contribution in [0.4, 0.5) is 0 Å². The van der Waals surface area contributed by atoms with Gasteiger partial charge in [0.2, 0.25) is 0 Å². The molecule has 0 aliphatic carbocycles. The van der Waals surface area contributed by atoms with Crippen LogP contribution in [-0.2, 0) is 14.3 Å². The maximum Gasteiger partial charge on any atom is 0.346 e. The van der Waals surface area contributed by atoms with E-state index in [4.69, 9.17) is 11.6 Å². The van der Waals surface area contributed by atoms with Crippen LogP contribution in [-0.4, -0.2) is 22.9 Å². The molecule has 1 rings (SSSR count). The van der Waals surface area contributed by atoms with E-state index in [1.807, 2.05) is 0 Å². The lowest BCUT2D eigenvalue weighted by atomic mass is 10.2. The molecule has 0 aliphatic rings. The highest BCUT2D eigenvalue weighted by molar-refractivity contribution is 6.26. The summed E-state index contributed by atoms with van der Waals surface area (Å²) in [5.74, 6) is -1.30. The fraction of sp³-hybridized carbons (Fsp3) is 0.0769. The Morgan fingerprint density at radius 2 is 1.79 bits per heavy atom. The molecular weight excluding hydrogens is 272 g/mol. The third kappa shape index (κ3) is 6.90. The number of alkyl halides is 1. The number of benzene rings is 1. The molecule has 102 valence electrons. The molecule has 0 aromatic heterocycles. The highest BCUT2D eigenvalue weighted by Gasteiger charge is 2.09. The number of carbonyl (C=O) groups is 2. The topological polar surface area (TPSA) is 72.8 Å². The number of para-hydroxylation sites is 1. The molecule has 0 saturated carbocycles. The van der Waals surface area contributed by atoms with Crippen molar-refractivity contribution in [1.82, 2.24) is 0 Å². The summed E-state index contributed by atoms with van der Waals surface area (Å²) < 4.78 is 8.66. The van der Waals surface area contributed by atoms with Gasteiger partial charge in [0.1, 0.15) is 17.2 Å². The van der Waals surface area contributed by atoms with Gasteiger partial charge in [-0.15, -0.1) is 11.6 Å². The van der Waals surface area contributed by atoms with Gasteiger partial charge in [-0.05, 0) is 12.1 Å². The van der Waals surface area contributed by atoms with Crippen molar-refractivity contribution in [2.45, 2.75) is 0 Å². The van der Waals surface area contributed by atoms with E-state index in [0.29, 0.717) is 0 Å². The second kappa shape index (κ2) is 9.73. The molecule has 0 bridgehead atoms. The molecule has 5 nitrogen and oxygen atoms in total. The van der Waals surface area contributed by atoms with Crippen molar-refractivity contribution in [3.8, 4) is 5.75 Å². The summed E-state index contributed by atoms with van der Waals surface area (Å²) in [5.41, 5.74) is 0.136. The summed E-state index contributed by atoms with van der Waals surface area (Å²) in [4.78, 5) is 21.0. The Bertz CT molecular complexity index is 456. The van der Waals surface area contributed by atoms with Crippen LogP contribution in [0, 0.1) is 0 Å². The molecule has 0 saturated heterocycles. The standard InChI is InChI=1S/C9H8O3.C4H5ClO2/c1-2-12-9(11)7-5-3-4-6-8(7)10;1-2-7-4(6)3-5/h2-6,10H,1H2;2H,1,3H2. The van der Waals surface area contributed by atoms with E-state index in [0.717, 1.165) is 12.5 Å². The summed E-state index contributed by atoms with van der Waals surface area (Å²) in [6, 6.07) is 6.15. The van der Waals surface area contributed by atoms with Crippen LogP contribution in [0.25, 0.3) is 0 Å². The Balaban J connectivity index is 0.000000399. The molecule has 0 fully saturated rings. The Hall–Kier alpha value is -2.27. The highest BCUT2D eigenvalue weighted by atomic mass is 35.5. The van der Waals surface area contributed by atoms with Crippen LogP contribution in [0.2, 0.25) is 0 Å². The van der Waals surface area contributed by atoms with Gasteiger partial charge in [-0.2, -0.15) is 0 Å². The molecule has 1 N–H and O–H groups in total. The van der Waals surface area contributed by atoms with E-state index < -0.39 is 11.9 Å². The van der Waals surface area contributed by atoms with Crippen LogP contribution < -0.4 is 0 Å². The number of rotatable bonds is 4. The molecule has 0 atom stereocenters. The van der Waals surface area contributed by atoms with Gasteiger partial charge in [-0.1, -0.05) is 25.3 Å². The zero-order valence-electron chi connectivity index (χ0n) is 10.0. The minimum atomic E-state index is -0.608. The lowest BCUT2D eigenvalue weighted by molar-refractivity contribution is -0.135. The summed E-state index contributed by atoms with van der Waals surface area (Å²) in [6.07, 6.45) is 2.07. The molecule has 19 heavy (non-hydrogen) atoms. The number of hydrogen-bond donors (Lipinski definition) is 1. The largest absolute Gasteiger partial charge is 0.507 e. The number of hydrogen-bond acceptors (Lipinski definition) is 5. The molecule has 0 spiro atoms. The third-order valence-electron chi connectivity index (χ3n) is 1.64. The zero-order valence-corrected chi connectivity index (χ0v) is 10.8. The van der Waals surface area contributed by atoms with Gasteiger partial charge in [0.15, 0.2) is 0 Å². The molecule has 6 heteroatoms. The first-order valence-corrected chi connectivity index (χ1v) is 5.56. The maximum absolute atomic E-state index is 11.0. The van der Waals surface area contributed by atoms with Crippen molar-refractivity contribution < 1.29 is 24.2 Å². The Kier molecular flexibility index (Phi) is 8.57. The number of phenolic OH excluding ortho intramolecular Hbond substituents is 1. The molecular formula is C13H13ClO5. The molecule has 1 aromatic carbocycles. The van der Waals surface area contributed by atoms with Crippen LogP contribution in [0.3, 0.4) is 0 Å². The Labute approximate surface area is 115 Å². The first kappa shape index (κ1) is 16.7. The monoisotopic (exact) mass is 284 g/mol. The second-order valence-corrected chi connectivity index (χ2v) is 3.15. The van der Waals surface area contributed by atoms with E-state index in [9.17, 15) is 14.7 Å². The van der Waals surface area contributed by atoms with Gasteiger partial charge in [-0.3, -0.25) is 4.79 Å².